The molecule has 0 spiro atoms. The lowest BCUT2D eigenvalue weighted by atomic mass is 10.1. The maximum absolute atomic E-state index is 12.8. The number of hydrogen-bond acceptors (Lipinski definition) is 4. The van der Waals surface area contributed by atoms with E-state index < -0.39 is 10.0 Å². The normalized spacial score (nSPS) is 11.4. The monoisotopic (exact) mass is 392 g/mol. The quantitative estimate of drug-likeness (QED) is 0.686. The highest BCUT2D eigenvalue weighted by Crippen LogP contribution is 2.30. The standard InChI is InChI=1S/C19H24N2O3S2/c1-5-14-8-6-7-9-16(14)21-26(23,24)15-10-11-18(25-4)17(12-15)20-19(22)13(2)3/h6-13,21H,5H2,1-4H3,(H,20,22). The zero-order valence-electron chi connectivity index (χ0n) is 15.4. The van der Waals surface area contributed by atoms with Gasteiger partial charge in [-0.3, -0.25) is 9.52 Å². The molecule has 2 aromatic carbocycles. The number of rotatable bonds is 7. The number of aryl methyl sites for hydroxylation is 1. The zero-order chi connectivity index (χ0) is 19.3. The van der Waals surface area contributed by atoms with Crippen LogP contribution in [-0.2, 0) is 21.2 Å². The topological polar surface area (TPSA) is 75.3 Å². The Balaban J connectivity index is 2.38. The smallest absolute Gasteiger partial charge is 0.261 e. The molecule has 0 aliphatic rings. The molecule has 26 heavy (non-hydrogen) atoms. The molecule has 0 heterocycles. The molecular weight excluding hydrogens is 368 g/mol. The maximum Gasteiger partial charge on any atom is 0.261 e. The highest BCUT2D eigenvalue weighted by atomic mass is 32.2. The van der Waals surface area contributed by atoms with Crippen molar-refractivity contribution in [3.63, 3.8) is 0 Å². The Morgan fingerprint density at radius 1 is 1.12 bits per heavy atom. The van der Waals surface area contributed by atoms with Crippen LogP contribution in [0, 0.1) is 5.92 Å². The van der Waals surface area contributed by atoms with Gasteiger partial charge >= 0.3 is 0 Å². The Labute approximate surface area is 159 Å². The Kier molecular flexibility index (Phi) is 6.72. The molecule has 5 nitrogen and oxygen atoms in total. The lowest BCUT2D eigenvalue weighted by molar-refractivity contribution is -0.118. The first-order valence-electron chi connectivity index (χ1n) is 8.38. The van der Waals surface area contributed by atoms with E-state index in [0.717, 1.165) is 16.9 Å². The van der Waals surface area contributed by atoms with Crippen LogP contribution in [0.1, 0.15) is 26.3 Å². The highest BCUT2D eigenvalue weighted by Gasteiger charge is 2.19. The summed E-state index contributed by atoms with van der Waals surface area (Å²) in [6.07, 6.45) is 2.60. The van der Waals surface area contributed by atoms with E-state index in [2.05, 4.69) is 10.0 Å². The summed E-state index contributed by atoms with van der Waals surface area (Å²) in [6.45, 7) is 5.55. The fourth-order valence-corrected chi connectivity index (χ4v) is 4.02. The van der Waals surface area contributed by atoms with Crippen molar-refractivity contribution in [1.29, 1.82) is 0 Å². The molecule has 2 rings (SSSR count). The average molecular weight is 393 g/mol. The number of para-hydroxylation sites is 1. The van der Waals surface area contributed by atoms with Gasteiger partial charge in [0.1, 0.15) is 0 Å². The Morgan fingerprint density at radius 3 is 2.42 bits per heavy atom. The number of carbonyl (C=O) groups is 1. The maximum atomic E-state index is 12.8. The first kappa shape index (κ1) is 20.3. The molecule has 0 saturated carbocycles. The lowest BCUT2D eigenvalue weighted by Gasteiger charge is -2.15. The van der Waals surface area contributed by atoms with Gasteiger partial charge in [0.2, 0.25) is 5.91 Å². The molecular formula is C19H24N2O3S2. The fourth-order valence-electron chi connectivity index (χ4n) is 2.36. The van der Waals surface area contributed by atoms with Gasteiger partial charge in [0.25, 0.3) is 10.0 Å². The summed E-state index contributed by atoms with van der Waals surface area (Å²) >= 11 is 1.45. The van der Waals surface area contributed by atoms with E-state index in [9.17, 15) is 13.2 Å². The van der Waals surface area contributed by atoms with Gasteiger partial charge in [0.15, 0.2) is 0 Å². The largest absolute Gasteiger partial charge is 0.325 e. The molecule has 0 aliphatic heterocycles. The molecule has 0 bridgehead atoms. The second-order valence-corrected chi connectivity index (χ2v) is 8.65. The lowest BCUT2D eigenvalue weighted by Crippen LogP contribution is -2.19. The van der Waals surface area contributed by atoms with Crippen molar-refractivity contribution in [1.82, 2.24) is 0 Å². The highest BCUT2D eigenvalue weighted by molar-refractivity contribution is 7.98. The third kappa shape index (κ3) is 4.80. The van der Waals surface area contributed by atoms with Gasteiger partial charge in [-0.1, -0.05) is 39.0 Å². The number of anilines is 2. The number of benzene rings is 2. The zero-order valence-corrected chi connectivity index (χ0v) is 17.0. The Hall–Kier alpha value is -1.99. The number of hydrogen-bond donors (Lipinski definition) is 2. The summed E-state index contributed by atoms with van der Waals surface area (Å²) in [5.41, 5.74) is 1.99. The molecule has 0 unspecified atom stereocenters. The van der Waals surface area contributed by atoms with E-state index >= 15 is 0 Å². The van der Waals surface area contributed by atoms with Crippen LogP contribution in [0.5, 0.6) is 0 Å². The minimum atomic E-state index is -3.76. The van der Waals surface area contributed by atoms with Gasteiger partial charge < -0.3 is 5.32 Å². The Bertz CT molecular complexity index is 893. The van der Waals surface area contributed by atoms with Gasteiger partial charge in [0, 0.05) is 10.8 Å². The fraction of sp³-hybridized carbons (Fsp3) is 0.316. The molecule has 0 atom stereocenters. The minimum absolute atomic E-state index is 0.111. The summed E-state index contributed by atoms with van der Waals surface area (Å²) in [4.78, 5) is 13.0. The van der Waals surface area contributed by atoms with Crippen LogP contribution >= 0.6 is 11.8 Å². The van der Waals surface area contributed by atoms with Crippen LogP contribution in [0.4, 0.5) is 11.4 Å². The molecule has 2 aromatic rings. The van der Waals surface area contributed by atoms with Crippen molar-refractivity contribution >= 4 is 39.1 Å². The first-order chi connectivity index (χ1) is 12.3. The number of amides is 1. The van der Waals surface area contributed by atoms with E-state index in [1.54, 1.807) is 38.1 Å². The summed E-state index contributed by atoms with van der Waals surface area (Å²) in [5, 5.41) is 2.81. The van der Waals surface area contributed by atoms with Crippen LogP contribution in [0.25, 0.3) is 0 Å². The van der Waals surface area contributed by atoms with Crippen molar-refractivity contribution in [3.8, 4) is 0 Å². The summed E-state index contributed by atoms with van der Waals surface area (Å²) in [7, 11) is -3.76. The van der Waals surface area contributed by atoms with E-state index in [1.165, 1.54) is 17.8 Å². The van der Waals surface area contributed by atoms with Crippen molar-refractivity contribution in [2.24, 2.45) is 5.92 Å². The van der Waals surface area contributed by atoms with Gasteiger partial charge in [-0.2, -0.15) is 0 Å². The second-order valence-electron chi connectivity index (χ2n) is 6.12. The molecule has 0 saturated heterocycles. The average Bonchev–Trinajstić information content (AvgIpc) is 2.61. The number of sulfonamides is 1. The van der Waals surface area contributed by atoms with E-state index in [4.69, 9.17) is 0 Å². The predicted molar refractivity (Wildman–Crippen MR) is 108 cm³/mol. The molecule has 7 heteroatoms. The van der Waals surface area contributed by atoms with Gasteiger partial charge in [0.05, 0.1) is 16.3 Å². The van der Waals surface area contributed by atoms with Gasteiger partial charge in [-0.25, -0.2) is 8.42 Å². The molecule has 0 aliphatic carbocycles. The van der Waals surface area contributed by atoms with Crippen LogP contribution in [0.3, 0.4) is 0 Å². The van der Waals surface area contributed by atoms with Crippen molar-refractivity contribution in [3.05, 3.63) is 48.0 Å². The first-order valence-corrected chi connectivity index (χ1v) is 11.1. The predicted octanol–water partition coefficient (Wildman–Crippen LogP) is 4.37. The molecule has 0 radical (unpaired) electrons. The summed E-state index contributed by atoms with van der Waals surface area (Å²) < 4.78 is 28.3. The third-order valence-electron chi connectivity index (χ3n) is 3.91. The molecule has 2 N–H and O–H groups in total. The van der Waals surface area contributed by atoms with Crippen molar-refractivity contribution < 1.29 is 13.2 Å². The molecule has 0 aromatic heterocycles. The number of nitrogens with one attached hydrogen (secondary N) is 2. The van der Waals surface area contributed by atoms with E-state index in [1.807, 2.05) is 25.3 Å². The summed E-state index contributed by atoms with van der Waals surface area (Å²) in [5.74, 6) is -0.348. The van der Waals surface area contributed by atoms with Crippen molar-refractivity contribution in [2.45, 2.75) is 37.0 Å². The minimum Gasteiger partial charge on any atom is -0.325 e. The van der Waals surface area contributed by atoms with Crippen LogP contribution < -0.4 is 10.0 Å². The van der Waals surface area contributed by atoms with Crippen molar-refractivity contribution in [2.75, 3.05) is 16.3 Å². The molecule has 0 fully saturated rings. The van der Waals surface area contributed by atoms with E-state index in [0.29, 0.717) is 11.4 Å². The Morgan fingerprint density at radius 2 is 1.81 bits per heavy atom. The van der Waals surface area contributed by atoms with Gasteiger partial charge in [-0.15, -0.1) is 11.8 Å². The number of carbonyl (C=O) groups excluding carboxylic acids is 1. The van der Waals surface area contributed by atoms with Gasteiger partial charge in [-0.05, 0) is 42.5 Å². The molecule has 1 amide bonds. The SMILES string of the molecule is CCc1ccccc1NS(=O)(=O)c1ccc(SC)c(NC(=O)C(C)C)c1. The van der Waals surface area contributed by atoms with Crippen LogP contribution in [0.2, 0.25) is 0 Å². The summed E-state index contributed by atoms with van der Waals surface area (Å²) in [6, 6.07) is 12.1. The third-order valence-corrected chi connectivity index (χ3v) is 6.07. The second kappa shape index (κ2) is 8.60. The van der Waals surface area contributed by atoms with Crippen LogP contribution in [-0.4, -0.2) is 20.6 Å². The molecule has 140 valence electrons. The number of thioether (sulfide) groups is 1. The van der Waals surface area contributed by atoms with Crippen LogP contribution in [0.15, 0.2) is 52.3 Å². The van der Waals surface area contributed by atoms with E-state index in [-0.39, 0.29) is 16.7 Å².